The zero-order chi connectivity index (χ0) is 12.8. The van der Waals surface area contributed by atoms with Crippen LogP contribution in [-0.4, -0.2) is 15.8 Å². The Hall–Kier alpha value is -1.69. The highest BCUT2D eigenvalue weighted by atomic mass is 32.2. The molecule has 0 heterocycles. The summed E-state index contributed by atoms with van der Waals surface area (Å²) in [5.41, 5.74) is -0.408. The first-order valence-corrected chi connectivity index (χ1v) is 5.73. The predicted octanol–water partition coefficient (Wildman–Crippen LogP) is 3.03. The van der Waals surface area contributed by atoms with E-state index in [1.54, 1.807) is 6.08 Å². The lowest BCUT2D eigenvalue weighted by atomic mass is 10.2. The number of nitro groups is 1. The molecule has 0 N–H and O–H groups in total. The molecule has 0 aliphatic carbocycles. The molecular formula is C11H10FNO3S. The molecule has 0 aliphatic rings. The van der Waals surface area contributed by atoms with E-state index in [0.29, 0.717) is 5.75 Å². The molecule has 4 nitrogen and oxygen atoms in total. The number of carbonyl (C=O) groups excluding carboxylic acids is 1. The Balaban J connectivity index is 2.81. The van der Waals surface area contributed by atoms with Crippen molar-refractivity contribution in [2.45, 2.75) is 6.92 Å². The van der Waals surface area contributed by atoms with Gasteiger partial charge in [-0.1, -0.05) is 36.0 Å². The van der Waals surface area contributed by atoms with Crippen LogP contribution >= 0.6 is 11.8 Å². The Bertz CT molecular complexity index is 474. The second-order valence-electron chi connectivity index (χ2n) is 3.14. The third kappa shape index (κ3) is 3.99. The molecule has 0 amide bonds. The van der Waals surface area contributed by atoms with Crippen LogP contribution in [0, 0.1) is 15.9 Å². The quantitative estimate of drug-likeness (QED) is 0.613. The number of rotatable bonds is 4. The summed E-state index contributed by atoms with van der Waals surface area (Å²) in [6.07, 6.45) is 3.02. The lowest BCUT2D eigenvalue weighted by Crippen LogP contribution is -1.94. The maximum absolute atomic E-state index is 13.5. The van der Waals surface area contributed by atoms with Crippen LogP contribution in [0.3, 0.4) is 0 Å². The molecule has 0 fully saturated rings. The molecule has 0 radical (unpaired) electrons. The van der Waals surface area contributed by atoms with Crippen molar-refractivity contribution in [1.82, 2.24) is 0 Å². The maximum Gasteiger partial charge on any atom is 0.305 e. The van der Waals surface area contributed by atoms with Crippen molar-refractivity contribution in [2.75, 3.05) is 5.75 Å². The van der Waals surface area contributed by atoms with E-state index in [1.165, 1.54) is 25.1 Å². The van der Waals surface area contributed by atoms with Crippen LogP contribution in [0.5, 0.6) is 0 Å². The first kappa shape index (κ1) is 13.4. The van der Waals surface area contributed by atoms with E-state index in [-0.39, 0.29) is 10.7 Å². The molecule has 1 rings (SSSR count). The summed E-state index contributed by atoms with van der Waals surface area (Å²) in [6, 6.07) is 3.97. The molecule has 0 saturated carbocycles. The summed E-state index contributed by atoms with van der Waals surface area (Å²) in [5, 5.41) is 10.5. The lowest BCUT2D eigenvalue weighted by molar-refractivity contribution is -0.387. The molecule has 0 aliphatic heterocycles. The molecule has 0 spiro atoms. The van der Waals surface area contributed by atoms with Crippen LogP contribution in [0.25, 0.3) is 6.08 Å². The zero-order valence-corrected chi connectivity index (χ0v) is 9.87. The molecule has 0 bridgehead atoms. The lowest BCUT2D eigenvalue weighted by Gasteiger charge is -1.97. The van der Waals surface area contributed by atoms with Crippen molar-refractivity contribution in [1.29, 1.82) is 0 Å². The largest absolute Gasteiger partial charge is 0.305 e. The summed E-state index contributed by atoms with van der Waals surface area (Å²) in [4.78, 5) is 20.4. The minimum absolute atomic E-state index is 0.0332. The van der Waals surface area contributed by atoms with Crippen LogP contribution in [0.1, 0.15) is 12.5 Å². The highest BCUT2D eigenvalue weighted by Gasteiger charge is 2.15. The SMILES string of the molecule is CC(=O)SCC=Cc1cccc([N+](=O)[O-])c1F. The van der Waals surface area contributed by atoms with E-state index in [0.717, 1.165) is 17.8 Å². The molecule has 90 valence electrons. The molecule has 0 saturated heterocycles. The van der Waals surface area contributed by atoms with E-state index >= 15 is 0 Å². The second kappa shape index (κ2) is 6.15. The fraction of sp³-hybridized carbons (Fsp3) is 0.182. The number of thioether (sulfide) groups is 1. The van der Waals surface area contributed by atoms with Crippen molar-refractivity contribution >= 4 is 28.6 Å². The molecule has 1 aromatic carbocycles. The first-order valence-electron chi connectivity index (χ1n) is 4.75. The monoisotopic (exact) mass is 255 g/mol. The van der Waals surface area contributed by atoms with Gasteiger partial charge >= 0.3 is 5.69 Å². The minimum Gasteiger partial charge on any atom is -0.288 e. The highest BCUT2D eigenvalue weighted by molar-refractivity contribution is 8.13. The average molecular weight is 255 g/mol. The zero-order valence-electron chi connectivity index (χ0n) is 9.05. The van der Waals surface area contributed by atoms with Gasteiger partial charge < -0.3 is 0 Å². The van der Waals surface area contributed by atoms with Gasteiger partial charge in [0.15, 0.2) is 5.12 Å². The van der Waals surface area contributed by atoms with Crippen molar-refractivity contribution in [2.24, 2.45) is 0 Å². The molecule has 0 unspecified atom stereocenters. The van der Waals surface area contributed by atoms with Gasteiger partial charge in [0, 0.05) is 24.3 Å². The van der Waals surface area contributed by atoms with Gasteiger partial charge in [0.05, 0.1) is 4.92 Å². The van der Waals surface area contributed by atoms with Crippen LogP contribution in [-0.2, 0) is 4.79 Å². The van der Waals surface area contributed by atoms with Crippen molar-refractivity contribution in [3.05, 3.63) is 45.8 Å². The van der Waals surface area contributed by atoms with Crippen LogP contribution in [0.15, 0.2) is 24.3 Å². The van der Waals surface area contributed by atoms with Gasteiger partial charge in [0.25, 0.3) is 0 Å². The van der Waals surface area contributed by atoms with Gasteiger partial charge in [0.1, 0.15) is 0 Å². The third-order valence-electron chi connectivity index (χ3n) is 1.89. The van der Waals surface area contributed by atoms with Gasteiger partial charge in [-0.25, -0.2) is 0 Å². The Labute approximate surface area is 102 Å². The van der Waals surface area contributed by atoms with Crippen LogP contribution in [0.2, 0.25) is 0 Å². The van der Waals surface area contributed by atoms with Crippen LogP contribution in [0.4, 0.5) is 10.1 Å². The summed E-state index contributed by atoms with van der Waals surface area (Å²) >= 11 is 1.08. The number of carbonyl (C=O) groups is 1. The van der Waals surface area contributed by atoms with Crippen molar-refractivity contribution in [3.8, 4) is 0 Å². The maximum atomic E-state index is 13.5. The molecule has 0 aromatic heterocycles. The average Bonchev–Trinajstić information content (AvgIpc) is 2.25. The van der Waals surface area contributed by atoms with E-state index < -0.39 is 16.4 Å². The van der Waals surface area contributed by atoms with E-state index in [2.05, 4.69) is 0 Å². The molecule has 6 heteroatoms. The highest BCUT2D eigenvalue weighted by Crippen LogP contribution is 2.21. The normalized spacial score (nSPS) is 10.7. The fourth-order valence-corrected chi connectivity index (χ4v) is 1.57. The summed E-state index contributed by atoms with van der Waals surface area (Å²) in [5.74, 6) is -0.446. The third-order valence-corrected chi connectivity index (χ3v) is 2.65. The number of hydrogen-bond donors (Lipinski definition) is 0. The second-order valence-corrected chi connectivity index (χ2v) is 4.34. The fourth-order valence-electron chi connectivity index (χ4n) is 1.15. The Morgan fingerprint density at radius 3 is 2.88 bits per heavy atom. The smallest absolute Gasteiger partial charge is 0.288 e. The van der Waals surface area contributed by atoms with Crippen LogP contribution < -0.4 is 0 Å². The Morgan fingerprint density at radius 1 is 1.59 bits per heavy atom. The van der Waals surface area contributed by atoms with E-state index in [9.17, 15) is 19.3 Å². The summed E-state index contributed by atoms with van der Waals surface area (Å²) in [7, 11) is 0. The number of hydrogen-bond acceptors (Lipinski definition) is 4. The first-order chi connectivity index (χ1) is 8.02. The van der Waals surface area contributed by atoms with E-state index in [1.807, 2.05) is 0 Å². The van der Waals surface area contributed by atoms with Crippen molar-refractivity contribution < 1.29 is 14.1 Å². The Kier molecular flexibility index (Phi) is 4.84. The number of nitro benzene ring substituents is 1. The molecule has 1 aromatic rings. The molecule has 17 heavy (non-hydrogen) atoms. The number of halogens is 1. The molecular weight excluding hydrogens is 245 g/mol. The van der Waals surface area contributed by atoms with Gasteiger partial charge in [-0.2, -0.15) is 4.39 Å². The number of nitrogens with zero attached hydrogens (tertiary/aromatic N) is 1. The van der Waals surface area contributed by atoms with Crippen molar-refractivity contribution in [3.63, 3.8) is 0 Å². The van der Waals surface area contributed by atoms with E-state index in [4.69, 9.17) is 0 Å². The summed E-state index contributed by atoms with van der Waals surface area (Å²) in [6.45, 7) is 1.44. The number of benzene rings is 1. The predicted molar refractivity (Wildman–Crippen MR) is 65.2 cm³/mol. The van der Waals surface area contributed by atoms with Gasteiger partial charge in [-0.05, 0) is 0 Å². The minimum atomic E-state index is -0.860. The standard InChI is InChI=1S/C11H10FNO3S/c1-8(14)17-7-3-5-9-4-2-6-10(11(9)12)13(15)16/h2-6H,7H2,1H3. The van der Waals surface area contributed by atoms with Gasteiger partial charge in [-0.3, -0.25) is 14.9 Å². The molecule has 0 atom stereocenters. The summed E-state index contributed by atoms with van der Waals surface area (Å²) < 4.78 is 13.5. The van der Waals surface area contributed by atoms with Gasteiger partial charge in [-0.15, -0.1) is 0 Å². The Morgan fingerprint density at radius 2 is 2.29 bits per heavy atom. The topological polar surface area (TPSA) is 60.2 Å². The van der Waals surface area contributed by atoms with Gasteiger partial charge in [0.2, 0.25) is 5.82 Å².